The number of nitrogens with one attached hydrogen (secondary N) is 1. The Balaban J connectivity index is 0.00000289. The molecule has 0 heterocycles. The van der Waals surface area contributed by atoms with E-state index >= 15 is 0 Å². The number of carbonyl (C=O) groups is 1. The molecule has 5 nitrogen and oxygen atoms in total. The van der Waals surface area contributed by atoms with Gasteiger partial charge in [-0.15, -0.1) is 12.4 Å². The number of carbonyl (C=O) groups excluding carboxylic acids is 1. The molecule has 0 aliphatic heterocycles. The molecule has 0 spiro atoms. The third kappa shape index (κ3) is 5.03. The molecule has 1 atom stereocenters. The smallest absolute Gasteiger partial charge is 0.236 e. The van der Waals surface area contributed by atoms with Crippen LogP contribution >= 0.6 is 12.4 Å². The lowest BCUT2D eigenvalue weighted by Gasteiger charge is -2.08. The summed E-state index contributed by atoms with van der Waals surface area (Å²) in [6, 6.07) is 5.81. The van der Waals surface area contributed by atoms with Crippen LogP contribution in [0.2, 0.25) is 0 Å². The molecule has 1 amide bonds. The summed E-state index contributed by atoms with van der Waals surface area (Å²) in [7, 11) is -3.17. The van der Waals surface area contributed by atoms with Crippen LogP contribution in [0.15, 0.2) is 29.2 Å². The quantitative estimate of drug-likeness (QED) is 0.844. The lowest BCUT2D eigenvalue weighted by molar-refractivity contribution is -0.122. The van der Waals surface area contributed by atoms with Crippen molar-refractivity contribution in [2.45, 2.75) is 24.4 Å². The Kier molecular flexibility index (Phi) is 6.31. The molecule has 0 aliphatic rings. The van der Waals surface area contributed by atoms with Crippen LogP contribution in [0, 0.1) is 0 Å². The zero-order chi connectivity index (χ0) is 13.1. The summed E-state index contributed by atoms with van der Waals surface area (Å²) >= 11 is 0. The number of halogens is 1. The van der Waals surface area contributed by atoms with Gasteiger partial charge < -0.3 is 11.1 Å². The van der Waals surface area contributed by atoms with Crippen LogP contribution < -0.4 is 11.1 Å². The normalized spacial score (nSPS) is 12.4. The van der Waals surface area contributed by atoms with Gasteiger partial charge in [-0.05, 0) is 24.6 Å². The predicted molar refractivity (Wildman–Crippen MR) is 72.3 cm³/mol. The van der Waals surface area contributed by atoms with Crippen LogP contribution in [-0.4, -0.2) is 26.6 Å². The molecule has 0 fully saturated rings. The number of rotatable bonds is 4. The van der Waals surface area contributed by atoms with Crippen molar-refractivity contribution in [2.24, 2.45) is 5.73 Å². The van der Waals surface area contributed by atoms with Crippen LogP contribution in [0.25, 0.3) is 0 Å². The molecule has 3 N–H and O–H groups in total. The molecule has 1 aromatic carbocycles. The topological polar surface area (TPSA) is 89.3 Å². The van der Waals surface area contributed by atoms with Gasteiger partial charge >= 0.3 is 0 Å². The molecule has 0 saturated heterocycles. The number of benzene rings is 1. The minimum atomic E-state index is -3.17. The first kappa shape index (κ1) is 16.9. The third-order valence-electron chi connectivity index (χ3n) is 2.23. The van der Waals surface area contributed by atoms with E-state index in [1.807, 2.05) is 0 Å². The van der Waals surface area contributed by atoms with E-state index in [0.717, 1.165) is 11.8 Å². The zero-order valence-corrected chi connectivity index (χ0v) is 11.8. The lowest BCUT2D eigenvalue weighted by atomic mass is 10.2. The number of nitrogens with two attached hydrogens (primary N) is 1. The van der Waals surface area contributed by atoms with Crippen molar-refractivity contribution in [1.82, 2.24) is 5.32 Å². The Hall–Kier alpha value is -1.11. The predicted octanol–water partition coefficient (Wildman–Crippen LogP) is 0.475. The van der Waals surface area contributed by atoms with Gasteiger partial charge in [0.1, 0.15) is 0 Å². The number of sulfone groups is 1. The van der Waals surface area contributed by atoms with E-state index in [1.54, 1.807) is 19.1 Å². The summed E-state index contributed by atoms with van der Waals surface area (Å²) in [6.45, 7) is 1.94. The number of hydrogen-bond donors (Lipinski definition) is 2. The standard InChI is InChI=1S/C11H16N2O3S.ClH/c1-8(12)11(14)13-7-9-3-5-10(6-4-9)17(2,15)16;/h3-6,8H,7,12H2,1-2H3,(H,13,14);1H/t8-;/m0./s1. The second kappa shape index (κ2) is 6.72. The van der Waals surface area contributed by atoms with Gasteiger partial charge in [0.25, 0.3) is 0 Å². The third-order valence-corrected chi connectivity index (χ3v) is 3.36. The Labute approximate surface area is 113 Å². The highest BCUT2D eigenvalue weighted by Gasteiger charge is 2.08. The molecule has 7 heteroatoms. The van der Waals surface area contributed by atoms with Crippen molar-refractivity contribution in [3.05, 3.63) is 29.8 Å². The largest absolute Gasteiger partial charge is 0.351 e. The minimum absolute atomic E-state index is 0. The van der Waals surface area contributed by atoms with E-state index in [4.69, 9.17) is 5.73 Å². The molecule has 18 heavy (non-hydrogen) atoms. The molecule has 0 radical (unpaired) electrons. The van der Waals surface area contributed by atoms with Gasteiger partial charge in [0.2, 0.25) is 5.91 Å². The van der Waals surface area contributed by atoms with E-state index in [1.165, 1.54) is 12.1 Å². The fourth-order valence-electron chi connectivity index (χ4n) is 1.20. The average molecular weight is 293 g/mol. The Bertz CT molecular complexity index is 498. The van der Waals surface area contributed by atoms with Crippen molar-refractivity contribution in [1.29, 1.82) is 0 Å². The maximum atomic E-state index is 11.2. The molecule has 0 aromatic heterocycles. The highest BCUT2D eigenvalue weighted by Crippen LogP contribution is 2.10. The highest BCUT2D eigenvalue weighted by molar-refractivity contribution is 7.90. The summed E-state index contributed by atoms with van der Waals surface area (Å²) in [6.07, 6.45) is 1.15. The number of amides is 1. The first-order valence-electron chi connectivity index (χ1n) is 5.13. The van der Waals surface area contributed by atoms with Gasteiger partial charge in [0.15, 0.2) is 9.84 Å². The van der Waals surface area contributed by atoms with Gasteiger partial charge in [-0.2, -0.15) is 0 Å². The van der Waals surface area contributed by atoms with E-state index in [0.29, 0.717) is 6.54 Å². The molecule has 0 aliphatic carbocycles. The Morgan fingerprint density at radius 2 is 1.83 bits per heavy atom. The van der Waals surface area contributed by atoms with Gasteiger partial charge in [-0.1, -0.05) is 12.1 Å². The summed E-state index contributed by atoms with van der Waals surface area (Å²) in [5.74, 6) is -0.239. The molecule has 102 valence electrons. The molecule has 0 bridgehead atoms. The van der Waals surface area contributed by atoms with Crippen LogP contribution in [0.5, 0.6) is 0 Å². The van der Waals surface area contributed by atoms with E-state index in [-0.39, 0.29) is 23.2 Å². The maximum absolute atomic E-state index is 11.2. The zero-order valence-electron chi connectivity index (χ0n) is 10.2. The molecule has 0 unspecified atom stereocenters. The van der Waals surface area contributed by atoms with E-state index in [9.17, 15) is 13.2 Å². The fraction of sp³-hybridized carbons (Fsp3) is 0.364. The Morgan fingerprint density at radius 3 is 2.22 bits per heavy atom. The SMILES string of the molecule is C[C@H](N)C(=O)NCc1ccc(S(C)(=O)=O)cc1.Cl. The summed E-state index contributed by atoms with van der Waals surface area (Å²) in [5, 5.41) is 2.64. The van der Waals surface area contributed by atoms with E-state index in [2.05, 4.69) is 5.32 Å². The summed E-state index contributed by atoms with van der Waals surface area (Å²) in [5.41, 5.74) is 6.22. The van der Waals surface area contributed by atoms with Crippen LogP contribution in [0.3, 0.4) is 0 Å². The van der Waals surface area contributed by atoms with Crippen molar-refractivity contribution in [3.63, 3.8) is 0 Å². The van der Waals surface area contributed by atoms with Crippen molar-refractivity contribution in [2.75, 3.05) is 6.26 Å². The summed E-state index contributed by atoms with van der Waals surface area (Å²) < 4.78 is 22.4. The van der Waals surface area contributed by atoms with Crippen LogP contribution in [0.1, 0.15) is 12.5 Å². The number of hydrogen-bond acceptors (Lipinski definition) is 4. The fourth-order valence-corrected chi connectivity index (χ4v) is 1.84. The van der Waals surface area contributed by atoms with Crippen LogP contribution in [0.4, 0.5) is 0 Å². The average Bonchev–Trinajstić information content (AvgIpc) is 2.25. The van der Waals surface area contributed by atoms with Gasteiger partial charge in [0.05, 0.1) is 10.9 Å². The van der Waals surface area contributed by atoms with Crippen LogP contribution in [-0.2, 0) is 21.2 Å². The highest BCUT2D eigenvalue weighted by atomic mass is 35.5. The Morgan fingerprint density at radius 1 is 1.33 bits per heavy atom. The van der Waals surface area contributed by atoms with Gasteiger partial charge in [0, 0.05) is 12.8 Å². The molecule has 1 aromatic rings. The molecular weight excluding hydrogens is 276 g/mol. The second-order valence-electron chi connectivity index (χ2n) is 3.92. The first-order chi connectivity index (χ1) is 7.80. The van der Waals surface area contributed by atoms with E-state index < -0.39 is 15.9 Å². The lowest BCUT2D eigenvalue weighted by Crippen LogP contribution is -2.37. The van der Waals surface area contributed by atoms with Gasteiger partial charge in [-0.25, -0.2) is 8.42 Å². The van der Waals surface area contributed by atoms with Crippen molar-refractivity contribution < 1.29 is 13.2 Å². The van der Waals surface area contributed by atoms with Crippen molar-refractivity contribution >= 4 is 28.2 Å². The molecular formula is C11H17ClN2O3S. The van der Waals surface area contributed by atoms with Crippen molar-refractivity contribution in [3.8, 4) is 0 Å². The van der Waals surface area contributed by atoms with Gasteiger partial charge in [-0.3, -0.25) is 4.79 Å². The maximum Gasteiger partial charge on any atom is 0.236 e. The monoisotopic (exact) mass is 292 g/mol. The first-order valence-corrected chi connectivity index (χ1v) is 7.02. The molecule has 1 rings (SSSR count). The summed E-state index contributed by atoms with van der Waals surface area (Å²) in [4.78, 5) is 11.5. The second-order valence-corrected chi connectivity index (χ2v) is 5.94. The minimum Gasteiger partial charge on any atom is -0.351 e. The molecule has 0 saturated carbocycles.